The highest BCUT2D eigenvalue weighted by molar-refractivity contribution is 6.02. The molecule has 0 saturated heterocycles. The van der Waals surface area contributed by atoms with Crippen LogP contribution in [0.3, 0.4) is 0 Å². The molecule has 2 aromatic heterocycles. The molecule has 2 aromatic carbocycles. The second kappa shape index (κ2) is 4.84. The molecule has 2 heterocycles. The van der Waals surface area contributed by atoms with Gasteiger partial charge in [0.1, 0.15) is 5.60 Å². The van der Waals surface area contributed by atoms with E-state index in [4.69, 9.17) is 0 Å². The van der Waals surface area contributed by atoms with Gasteiger partial charge in [0.05, 0.1) is 21.5 Å². The number of benzene rings is 2. The second-order valence-electron chi connectivity index (χ2n) is 5.89. The molecule has 124 valence electrons. The molecule has 0 aliphatic heterocycles. The average molecular weight is 338 g/mol. The van der Waals surface area contributed by atoms with Crippen LogP contribution in [0.4, 0.5) is 0 Å². The molecule has 0 spiro atoms. The lowest BCUT2D eigenvalue weighted by Gasteiger charge is -2.25. The van der Waals surface area contributed by atoms with Crippen molar-refractivity contribution in [1.29, 1.82) is 0 Å². The quantitative estimate of drug-likeness (QED) is 0.573. The monoisotopic (exact) mass is 338 g/mol. The molecule has 4 aromatic rings. The van der Waals surface area contributed by atoms with E-state index in [1.807, 2.05) is 0 Å². The van der Waals surface area contributed by atoms with Crippen molar-refractivity contribution in [2.24, 2.45) is 0 Å². The van der Waals surface area contributed by atoms with Crippen LogP contribution in [0, 0.1) is 0 Å². The minimum atomic E-state index is -1.84. The highest BCUT2D eigenvalue weighted by Crippen LogP contribution is 2.36. The van der Waals surface area contributed by atoms with Gasteiger partial charge in [-0.2, -0.15) is 0 Å². The van der Waals surface area contributed by atoms with Crippen molar-refractivity contribution in [3.8, 4) is 0 Å². The first-order valence-corrected chi connectivity index (χ1v) is 7.34. The second-order valence-corrected chi connectivity index (χ2v) is 5.89. The molecular formula is C18H10O7. The van der Waals surface area contributed by atoms with Crippen LogP contribution in [0.2, 0.25) is 0 Å². The predicted molar refractivity (Wildman–Crippen MR) is 88.6 cm³/mol. The fourth-order valence-electron chi connectivity index (χ4n) is 3.20. The lowest BCUT2D eigenvalue weighted by Crippen LogP contribution is -2.26. The molecule has 4 rings (SSSR count). The first kappa shape index (κ1) is 15.2. The van der Waals surface area contributed by atoms with Crippen LogP contribution in [0.5, 0.6) is 0 Å². The zero-order chi connectivity index (χ0) is 17.9. The van der Waals surface area contributed by atoms with Gasteiger partial charge >= 0.3 is 22.5 Å². The summed E-state index contributed by atoms with van der Waals surface area (Å²) in [4.78, 5) is 48.2. The molecule has 0 aliphatic rings. The molecule has 0 amide bonds. The Labute approximate surface area is 138 Å². The van der Waals surface area contributed by atoms with Crippen LogP contribution in [0.15, 0.2) is 64.4 Å². The Kier molecular flexibility index (Phi) is 2.95. The van der Waals surface area contributed by atoms with E-state index in [0.717, 1.165) is 6.07 Å². The topological polar surface area (TPSA) is 115 Å². The minimum Gasteiger partial charge on any atom is -0.386 e. The zero-order valence-electron chi connectivity index (χ0n) is 12.9. The number of hydrogen-bond donors (Lipinski definition) is 1. The number of rotatable bonds is 2. The van der Waals surface area contributed by atoms with Crippen molar-refractivity contribution in [2.75, 3.05) is 0 Å². The molecular weight excluding hydrogens is 328 g/mol. The van der Waals surface area contributed by atoms with E-state index in [9.17, 15) is 24.3 Å². The Morgan fingerprint density at radius 3 is 1.76 bits per heavy atom. The Bertz CT molecular complexity index is 1250. The molecule has 0 bridgehead atoms. The van der Waals surface area contributed by atoms with Crippen LogP contribution in [-0.4, -0.2) is 5.11 Å². The molecule has 1 atom stereocenters. The third-order valence-electron chi connectivity index (χ3n) is 4.37. The van der Waals surface area contributed by atoms with Crippen LogP contribution in [0.25, 0.3) is 21.5 Å². The fourth-order valence-corrected chi connectivity index (χ4v) is 3.20. The van der Waals surface area contributed by atoms with Gasteiger partial charge in [0.25, 0.3) is 0 Å². The van der Waals surface area contributed by atoms with Crippen molar-refractivity contribution < 1.29 is 13.9 Å². The summed E-state index contributed by atoms with van der Waals surface area (Å²) in [6.45, 7) is 1.37. The summed E-state index contributed by atoms with van der Waals surface area (Å²) < 4.78 is 9.20. The molecule has 1 unspecified atom stereocenters. The molecule has 0 saturated carbocycles. The molecule has 7 nitrogen and oxygen atoms in total. The van der Waals surface area contributed by atoms with Crippen molar-refractivity contribution in [2.45, 2.75) is 12.5 Å². The molecule has 25 heavy (non-hydrogen) atoms. The van der Waals surface area contributed by atoms with E-state index in [2.05, 4.69) is 8.83 Å². The molecule has 0 aliphatic carbocycles. The van der Waals surface area contributed by atoms with Crippen molar-refractivity contribution in [3.63, 3.8) is 0 Å². The van der Waals surface area contributed by atoms with Crippen LogP contribution >= 0.6 is 0 Å². The number of hydrogen-bond acceptors (Lipinski definition) is 7. The largest absolute Gasteiger partial charge is 0.386 e. The van der Waals surface area contributed by atoms with Gasteiger partial charge in [-0.1, -0.05) is 30.3 Å². The molecule has 7 heteroatoms. The summed E-state index contributed by atoms with van der Waals surface area (Å²) in [6, 6.07) is 9.34. The third kappa shape index (κ3) is 1.96. The summed E-state index contributed by atoms with van der Waals surface area (Å²) in [6.07, 6.45) is 0. The van der Waals surface area contributed by atoms with Gasteiger partial charge in [-0.05, 0) is 18.6 Å². The van der Waals surface area contributed by atoms with Gasteiger partial charge in [0.15, 0.2) is 0 Å². The molecule has 1 N–H and O–H groups in total. The maximum Gasteiger partial charge on any atom is 0.347 e. The molecule has 0 radical (unpaired) electrons. The van der Waals surface area contributed by atoms with E-state index in [0.29, 0.717) is 5.56 Å². The van der Waals surface area contributed by atoms with Crippen molar-refractivity contribution in [1.82, 2.24) is 0 Å². The number of furan rings is 2. The SMILES string of the molecule is CC(O)(c1ccccc1)c1c2c(=O)oc(=O)c2cc2c(=O)oc(=O)c12. The van der Waals surface area contributed by atoms with Crippen LogP contribution in [0.1, 0.15) is 18.1 Å². The van der Waals surface area contributed by atoms with Crippen molar-refractivity contribution in [3.05, 3.63) is 89.2 Å². The van der Waals surface area contributed by atoms with Crippen LogP contribution < -0.4 is 22.5 Å². The minimum absolute atomic E-state index is 0.169. The normalized spacial score (nSPS) is 14.2. The fraction of sp³-hybridized carbons (Fsp3) is 0.111. The Hall–Kier alpha value is -3.32. The van der Waals surface area contributed by atoms with Crippen LogP contribution in [-0.2, 0) is 5.60 Å². The Morgan fingerprint density at radius 2 is 1.28 bits per heavy atom. The summed E-state index contributed by atoms with van der Waals surface area (Å²) in [5, 5.41) is 10.3. The van der Waals surface area contributed by atoms with Gasteiger partial charge in [-0.15, -0.1) is 0 Å². The van der Waals surface area contributed by atoms with Gasteiger partial charge in [0, 0.05) is 5.56 Å². The smallest absolute Gasteiger partial charge is 0.347 e. The zero-order valence-corrected chi connectivity index (χ0v) is 12.9. The maximum atomic E-state index is 12.2. The summed E-state index contributed by atoms with van der Waals surface area (Å²) in [5.74, 6) is 0. The molecule has 0 fully saturated rings. The standard InChI is InChI=1S/C18H10O7/c1-18(23,8-5-3-2-4-6-8)13-11-9(14(19)24-16(11)21)7-10-12(13)17(22)25-15(10)20/h2-7,23H,1H3. The first-order chi connectivity index (χ1) is 11.8. The van der Waals surface area contributed by atoms with E-state index in [-0.39, 0.29) is 27.1 Å². The maximum absolute atomic E-state index is 12.2. The first-order valence-electron chi connectivity index (χ1n) is 7.34. The lowest BCUT2D eigenvalue weighted by atomic mass is 9.83. The Balaban J connectivity index is 2.32. The average Bonchev–Trinajstić information content (AvgIpc) is 3.03. The highest BCUT2D eigenvalue weighted by atomic mass is 16.4. The summed E-state index contributed by atoms with van der Waals surface area (Å²) >= 11 is 0. The third-order valence-corrected chi connectivity index (χ3v) is 4.37. The number of aliphatic hydroxyl groups is 1. The summed E-state index contributed by atoms with van der Waals surface area (Å²) in [5.41, 5.74) is -5.51. The number of fused-ring (bicyclic) bond motifs is 2. The van der Waals surface area contributed by atoms with Gasteiger partial charge < -0.3 is 13.9 Å². The highest BCUT2D eigenvalue weighted by Gasteiger charge is 2.35. The van der Waals surface area contributed by atoms with Gasteiger partial charge in [-0.3, -0.25) is 0 Å². The predicted octanol–water partition coefficient (Wildman–Crippen LogP) is 0.751. The van der Waals surface area contributed by atoms with E-state index in [1.165, 1.54) is 6.92 Å². The van der Waals surface area contributed by atoms with E-state index in [1.54, 1.807) is 30.3 Å². The van der Waals surface area contributed by atoms with E-state index < -0.39 is 28.1 Å². The summed E-state index contributed by atoms with van der Waals surface area (Å²) in [7, 11) is 0. The van der Waals surface area contributed by atoms with E-state index >= 15 is 0 Å². The Morgan fingerprint density at radius 1 is 0.800 bits per heavy atom. The van der Waals surface area contributed by atoms with Crippen molar-refractivity contribution >= 4 is 21.5 Å². The lowest BCUT2D eigenvalue weighted by molar-refractivity contribution is 0.105. The van der Waals surface area contributed by atoms with Gasteiger partial charge in [0.2, 0.25) is 0 Å². The van der Waals surface area contributed by atoms with Gasteiger partial charge in [-0.25, -0.2) is 19.2 Å².